The molecule has 0 amide bonds. The number of allylic oxidation sites excluding steroid dienone is 3. The number of morpholine rings is 6. The van der Waals surface area contributed by atoms with Crippen molar-refractivity contribution in [1.82, 2.24) is 28.0 Å². The number of aryl methyl sites for hydroxylation is 7. The maximum absolute atomic E-state index is 6.19. The molecule has 16 nitrogen and oxygen atoms in total. The van der Waals surface area contributed by atoms with Crippen LogP contribution in [0.2, 0.25) is 0 Å². The third-order valence-corrected chi connectivity index (χ3v) is 36.9. The van der Waals surface area contributed by atoms with E-state index in [9.17, 15) is 0 Å². The summed E-state index contributed by atoms with van der Waals surface area (Å²) in [4.78, 5) is 9.82. The summed E-state index contributed by atoms with van der Waals surface area (Å²) < 4.78 is 51.3. The van der Waals surface area contributed by atoms with Crippen LogP contribution < -0.4 is 19.6 Å². The Kier molecular flexibility index (Phi) is 40.7. The molecule has 8 aromatic carbocycles. The number of nitrogens with zero attached hydrogens (tertiary/aromatic N) is 10. The van der Waals surface area contributed by atoms with Gasteiger partial charge < -0.3 is 48.0 Å². The van der Waals surface area contributed by atoms with Crippen molar-refractivity contribution in [3.05, 3.63) is 284 Å². The van der Waals surface area contributed by atoms with E-state index < -0.39 is 43.8 Å². The average Bonchev–Trinajstić information content (AvgIpc) is 1.61. The fourth-order valence-corrected chi connectivity index (χ4v) is 29.6. The standard InChI is InChI=1S/C27H39N2.C21H27N2.C15H10.2C12H24N3O3P.C10H8.C7H8.4ClH.2Ru/c1-18(2)22-11-9-12-23(19(3)4)26(22)28-15-16-29(17-28)27-24(20(5)6)13-10-14-25(27)21(7)8;1-14-9-16(3)20(17(4)10-14)22-7-8-23(13-22)21-18(5)11-15(2)12-19(21)6;1-2-6-12(7-3-1)15-11-10-13-8-4-5-9-14(13)15;2*1-7-16-8-2-13(1)19(14-3-9-17-10-4-14)15-5-11-18-12-6-15;1-8-6-7-9-4-2-3-5-10(8)9;1-7-5-3-2-4-6-7;;;;;;/h9-14,17-21H,15-16H2,1-8H3;9-13H,7-8H2,1-6H3;1-9,11H;2*1-12H2;2-6H,1H3;2-6H,1H3;4*1H;;/q2*-1;;;;;;;;;;2*+2/p-2. The maximum atomic E-state index is 6.19. The van der Waals surface area contributed by atoms with Crippen LogP contribution >= 0.6 is 55.5 Å². The van der Waals surface area contributed by atoms with Gasteiger partial charge in [0.25, 0.3) is 0 Å². The molecule has 8 aromatic rings. The number of para-hydroxylation sites is 2. The molecule has 8 heterocycles. The number of hydrogen-bond donors (Lipinski definition) is 0. The Labute approximate surface area is 796 Å². The molecule has 0 spiro atoms. The van der Waals surface area contributed by atoms with Crippen LogP contribution in [-0.2, 0) is 55.5 Å². The second-order valence-corrected chi connectivity index (χ2v) is 52.0. The van der Waals surface area contributed by atoms with Crippen LogP contribution in [0.1, 0.15) is 175 Å². The van der Waals surface area contributed by atoms with Gasteiger partial charge in [0.15, 0.2) is 0 Å². The molecule has 24 heteroatoms. The predicted molar refractivity (Wildman–Crippen MR) is 542 cm³/mol. The van der Waals surface area contributed by atoms with Crippen LogP contribution in [0.15, 0.2) is 182 Å². The molecule has 0 bridgehead atoms. The summed E-state index contributed by atoms with van der Waals surface area (Å²) in [5, 5.41) is 0. The monoisotopic (exact) mass is 2030 g/mol. The van der Waals surface area contributed by atoms with E-state index in [1.54, 1.807) is 0 Å². The van der Waals surface area contributed by atoms with E-state index in [1.807, 2.05) is 54.6 Å². The van der Waals surface area contributed by atoms with Gasteiger partial charge in [0, 0.05) is 48.9 Å². The summed E-state index contributed by atoms with van der Waals surface area (Å²) in [5.41, 5.74) is 29.5. The molecule has 128 heavy (non-hydrogen) atoms. The quantitative estimate of drug-likeness (QED) is 0.0554. The molecular formula is C104H142Cl4N10O6P2Ru2. The van der Waals surface area contributed by atoms with E-state index in [0.29, 0.717) is 23.7 Å². The Hall–Kier alpha value is -5.03. The molecule has 0 saturated carbocycles. The predicted octanol–water partition coefficient (Wildman–Crippen LogP) is 22.6. The Balaban J connectivity index is 0.000000139. The van der Waals surface area contributed by atoms with Crippen molar-refractivity contribution in [2.75, 3.05) is 204 Å². The summed E-state index contributed by atoms with van der Waals surface area (Å²) in [5.74, 6) is 2.06. The molecule has 18 rings (SSSR count). The van der Waals surface area contributed by atoms with Crippen LogP contribution in [0.3, 0.4) is 0 Å². The van der Waals surface area contributed by atoms with Gasteiger partial charge in [-0.15, -0.1) is 28.0 Å². The number of halogens is 4. The Morgan fingerprint density at radius 2 is 0.539 bits per heavy atom. The molecule has 2 aliphatic carbocycles. The summed E-state index contributed by atoms with van der Waals surface area (Å²) in [7, 11) is 22.8. The summed E-state index contributed by atoms with van der Waals surface area (Å²) in [6.07, 6.45) is 4.27. The fourth-order valence-electron chi connectivity index (χ4n) is 18.6. The van der Waals surface area contributed by atoms with Crippen molar-refractivity contribution >= 4 is 97.6 Å². The normalized spacial score (nSPS) is 18.6. The van der Waals surface area contributed by atoms with Crippen molar-refractivity contribution in [2.45, 2.75) is 134 Å². The summed E-state index contributed by atoms with van der Waals surface area (Å²) >= 11 is -3.64. The van der Waals surface area contributed by atoms with E-state index in [-0.39, 0.29) is 0 Å². The van der Waals surface area contributed by atoms with Gasteiger partial charge in [-0.1, -0.05) is 163 Å². The molecule has 0 aromatic heterocycles. The number of fused-ring (bicyclic) bond motifs is 2. The number of benzene rings is 8. The summed E-state index contributed by atoms with van der Waals surface area (Å²) in [6, 6.07) is 60.0. The van der Waals surface area contributed by atoms with Gasteiger partial charge in [-0.05, 0) is 117 Å². The van der Waals surface area contributed by atoms with Gasteiger partial charge in [-0.2, -0.15) is 13.3 Å². The second-order valence-electron chi connectivity index (χ2n) is 35.4. The zero-order valence-electron chi connectivity index (χ0n) is 78.7. The van der Waals surface area contributed by atoms with Crippen LogP contribution in [-0.4, -0.2) is 220 Å². The van der Waals surface area contributed by atoms with Gasteiger partial charge in [-0.3, -0.25) is 0 Å². The van der Waals surface area contributed by atoms with Crippen molar-refractivity contribution in [3.8, 4) is 0 Å². The van der Waals surface area contributed by atoms with Crippen molar-refractivity contribution in [1.29, 1.82) is 0 Å². The molecule has 8 aliphatic heterocycles. The van der Waals surface area contributed by atoms with Gasteiger partial charge in [-0.25, -0.2) is 0 Å². The molecule has 0 N–H and O–H groups in total. The van der Waals surface area contributed by atoms with Crippen LogP contribution in [0.4, 0.5) is 22.7 Å². The SMILES string of the molecule is C1CN([PH+](N2CCOCC2)N2CCOCC2)CCO1.C1CN([PH+](N2CCOCC2)N2CCOCC2)CCO1.CC(C)c1cccc(C(C)C)c1N1[CH-]N(c2c(C(C)C)cccc2C(C)C)CC1.CC1=C[C](=[Ru]([Cl])[Cl])c2ccccc21.Cc1cc(C)c(N2[CH-]N(c3c(C)cc(C)cc3C)CC2)c(C)c1.Cc1ccccc1.[Cl][Ru]([Cl])=[C]1C=C(c2ccccc2)c2ccccc21. The number of anilines is 4. The third kappa shape index (κ3) is 27.6. The third-order valence-electron chi connectivity index (χ3n) is 24.6. The van der Waals surface area contributed by atoms with Crippen LogP contribution in [0, 0.1) is 61.8 Å². The van der Waals surface area contributed by atoms with Crippen LogP contribution in [0.5, 0.6) is 0 Å². The zero-order chi connectivity index (χ0) is 90.9. The first kappa shape index (κ1) is 102. The first-order valence-corrected chi connectivity index (χ1v) is 59.5. The number of rotatable bonds is 15. The van der Waals surface area contributed by atoms with Gasteiger partial charge in [0.2, 0.25) is 16.7 Å². The Morgan fingerprint density at radius 3 is 0.820 bits per heavy atom. The first-order valence-electron chi connectivity index (χ1n) is 46.1. The molecule has 8 fully saturated rings. The summed E-state index contributed by atoms with van der Waals surface area (Å²) in [6.45, 7) is 68.1. The minimum atomic E-state index is -1.88. The topological polar surface area (TPSA) is 87.8 Å². The van der Waals surface area contributed by atoms with Gasteiger partial charge in [0.1, 0.15) is 0 Å². The van der Waals surface area contributed by atoms with Crippen LogP contribution in [0.25, 0.3) is 11.1 Å². The average molecular weight is 2030 g/mol. The minimum absolute atomic E-state index is 0.514. The van der Waals surface area contributed by atoms with E-state index in [1.165, 1.54) is 123 Å². The van der Waals surface area contributed by atoms with Crippen molar-refractivity contribution < 1.29 is 55.5 Å². The molecule has 0 unspecified atom stereocenters. The Bertz CT molecular complexity index is 4610. The van der Waals surface area contributed by atoms with E-state index in [2.05, 4.69) is 299 Å². The molecular weight excluding hydrogens is 1890 g/mol. The van der Waals surface area contributed by atoms with Crippen molar-refractivity contribution in [3.63, 3.8) is 0 Å². The first-order chi connectivity index (χ1) is 61.8. The van der Waals surface area contributed by atoms with Gasteiger partial charge >= 0.3 is 211 Å². The fraction of sp³-hybridized carbons (Fsp3) is 0.462. The van der Waals surface area contributed by atoms with Crippen molar-refractivity contribution in [2.24, 2.45) is 0 Å². The molecule has 0 atom stereocenters. The van der Waals surface area contributed by atoms with E-state index >= 15 is 0 Å². The number of hydrogen-bond acceptors (Lipinski definition) is 16. The van der Waals surface area contributed by atoms with Gasteiger partial charge in [0.05, 0.1) is 158 Å². The van der Waals surface area contributed by atoms with E-state index in [4.69, 9.17) is 67.2 Å². The molecule has 10 aliphatic rings. The second kappa shape index (κ2) is 51.1. The Morgan fingerprint density at radius 1 is 0.281 bits per heavy atom. The molecule has 8 saturated heterocycles. The van der Waals surface area contributed by atoms with E-state index in [0.717, 1.165) is 192 Å². The number of ether oxygens (including phenoxy) is 6. The molecule has 698 valence electrons. The molecule has 0 radical (unpaired) electrons. The zero-order valence-corrected chi connectivity index (χ0v) is 87.2.